The molecule has 0 unspecified atom stereocenters. The molecule has 1 aromatic rings. The molecule has 8 nitrogen and oxygen atoms in total. The molecule has 26 heavy (non-hydrogen) atoms. The second-order valence-corrected chi connectivity index (χ2v) is 6.11. The van der Waals surface area contributed by atoms with Crippen molar-refractivity contribution >= 4 is 12.1 Å². The van der Waals surface area contributed by atoms with Crippen molar-refractivity contribution < 1.29 is 19.0 Å². The molecular formula is C18H28N4O4. The zero-order valence-corrected chi connectivity index (χ0v) is 15.9. The van der Waals surface area contributed by atoms with Gasteiger partial charge in [-0.1, -0.05) is 0 Å². The fraction of sp³-hybridized carbons (Fsp3) is 0.556. The van der Waals surface area contributed by atoms with E-state index in [-0.39, 0.29) is 5.91 Å². The normalized spacial score (nSPS) is 15.8. The third-order valence-electron chi connectivity index (χ3n) is 4.38. The van der Waals surface area contributed by atoms with Gasteiger partial charge in [0.15, 0.2) is 11.5 Å². The molecule has 0 radical (unpaired) electrons. The summed E-state index contributed by atoms with van der Waals surface area (Å²) in [5, 5.41) is 4.03. The lowest BCUT2D eigenvalue weighted by Crippen LogP contribution is -2.45. The Morgan fingerprint density at radius 3 is 2.42 bits per heavy atom. The molecule has 1 aliphatic heterocycles. The zero-order chi connectivity index (χ0) is 18.9. The lowest BCUT2D eigenvalue weighted by atomic mass is 10.2. The van der Waals surface area contributed by atoms with Crippen molar-refractivity contribution in [1.29, 1.82) is 0 Å². The lowest BCUT2D eigenvalue weighted by molar-refractivity contribution is -0.121. The van der Waals surface area contributed by atoms with Crippen LogP contribution in [0, 0.1) is 0 Å². The van der Waals surface area contributed by atoms with Gasteiger partial charge in [-0.25, -0.2) is 5.43 Å². The monoisotopic (exact) mass is 364 g/mol. The van der Waals surface area contributed by atoms with Gasteiger partial charge >= 0.3 is 0 Å². The van der Waals surface area contributed by atoms with Gasteiger partial charge in [0, 0.05) is 44.7 Å². The second-order valence-electron chi connectivity index (χ2n) is 6.11. The quantitative estimate of drug-likeness (QED) is 0.543. The number of hydrogen-bond donors (Lipinski definition) is 1. The molecule has 0 aromatic heterocycles. The Balaban J connectivity index is 1.88. The number of hydrogen-bond acceptors (Lipinski definition) is 7. The van der Waals surface area contributed by atoms with E-state index in [0.717, 1.165) is 32.7 Å². The molecule has 0 saturated carbocycles. The Bertz CT molecular complexity index is 628. The standard InChI is InChI=1S/C18H28N4O4/c1-21-9-11-22(12-10-21)8-7-16(23)20-19-13-14-5-6-15(24-2)18(26-4)17(14)25-3/h5-6,13H,7-12H2,1-4H3,(H,20,23). The minimum absolute atomic E-state index is 0.111. The number of amides is 1. The number of piperazine rings is 1. The van der Waals surface area contributed by atoms with Crippen LogP contribution in [0.15, 0.2) is 17.2 Å². The van der Waals surface area contributed by atoms with Crippen molar-refractivity contribution in [2.45, 2.75) is 6.42 Å². The zero-order valence-electron chi connectivity index (χ0n) is 15.9. The fourth-order valence-electron chi connectivity index (χ4n) is 2.79. The molecule has 0 bridgehead atoms. The number of ether oxygens (including phenoxy) is 3. The van der Waals surface area contributed by atoms with Crippen LogP contribution in [0.25, 0.3) is 0 Å². The van der Waals surface area contributed by atoms with E-state index in [0.29, 0.717) is 29.2 Å². The van der Waals surface area contributed by atoms with Crippen LogP contribution in [0.5, 0.6) is 17.2 Å². The topological polar surface area (TPSA) is 75.6 Å². The van der Waals surface area contributed by atoms with Crippen LogP contribution in [-0.4, -0.2) is 83.0 Å². The summed E-state index contributed by atoms with van der Waals surface area (Å²) in [6.07, 6.45) is 1.96. The van der Waals surface area contributed by atoms with Crippen molar-refractivity contribution in [3.8, 4) is 17.2 Å². The van der Waals surface area contributed by atoms with Gasteiger partial charge in [-0.3, -0.25) is 4.79 Å². The molecule has 2 rings (SSSR count). The van der Waals surface area contributed by atoms with Crippen LogP contribution in [0.3, 0.4) is 0 Å². The maximum atomic E-state index is 12.0. The van der Waals surface area contributed by atoms with Gasteiger partial charge in [0.25, 0.3) is 0 Å². The fourth-order valence-corrected chi connectivity index (χ4v) is 2.79. The third kappa shape index (κ3) is 5.34. The van der Waals surface area contributed by atoms with Crippen molar-refractivity contribution in [3.05, 3.63) is 17.7 Å². The average molecular weight is 364 g/mol. The Morgan fingerprint density at radius 2 is 1.81 bits per heavy atom. The predicted octanol–water partition coefficient (Wildman–Crippen LogP) is 0.800. The first kappa shape index (κ1) is 20.0. The van der Waals surface area contributed by atoms with E-state index in [9.17, 15) is 4.79 Å². The maximum Gasteiger partial charge on any atom is 0.241 e. The molecule has 1 fully saturated rings. The molecular weight excluding hydrogens is 336 g/mol. The van der Waals surface area contributed by atoms with Gasteiger partial charge in [-0.05, 0) is 19.2 Å². The van der Waals surface area contributed by atoms with E-state index in [4.69, 9.17) is 14.2 Å². The third-order valence-corrected chi connectivity index (χ3v) is 4.38. The van der Waals surface area contributed by atoms with Gasteiger partial charge in [-0.15, -0.1) is 0 Å². The average Bonchev–Trinajstić information content (AvgIpc) is 2.66. The van der Waals surface area contributed by atoms with Crippen molar-refractivity contribution in [1.82, 2.24) is 15.2 Å². The van der Waals surface area contributed by atoms with E-state index in [2.05, 4.69) is 27.4 Å². The number of carbonyl (C=O) groups is 1. The number of likely N-dealkylation sites (N-methyl/N-ethyl adjacent to an activating group) is 1. The molecule has 1 N–H and O–H groups in total. The molecule has 1 heterocycles. The molecule has 1 aliphatic rings. The minimum atomic E-state index is -0.111. The second kappa shape index (κ2) is 9.98. The van der Waals surface area contributed by atoms with Crippen LogP contribution in [0.1, 0.15) is 12.0 Å². The lowest BCUT2D eigenvalue weighted by Gasteiger charge is -2.32. The van der Waals surface area contributed by atoms with E-state index in [1.54, 1.807) is 33.5 Å². The van der Waals surface area contributed by atoms with Crippen molar-refractivity contribution in [2.24, 2.45) is 5.10 Å². The number of benzene rings is 1. The van der Waals surface area contributed by atoms with E-state index in [1.165, 1.54) is 6.21 Å². The summed E-state index contributed by atoms with van der Waals surface area (Å²) in [7, 11) is 6.76. The molecule has 144 valence electrons. The van der Waals surface area contributed by atoms with Crippen LogP contribution < -0.4 is 19.6 Å². The number of nitrogens with one attached hydrogen (secondary N) is 1. The summed E-state index contributed by atoms with van der Waals surface area (Å²) in [6, 6.07) is 3.55. The summed E-state index contributed by atoms with van der Waals surface area (Å²) in [6.45, 7) is 4.82. The van der Waals surface area contributed by atoms with E-state index >= 15 is 0 Å². The largest absolute Gasteiger partial charge is 0.493 e. The van der Waals surface area contributed by atoms with Gasteiger partial charge in [-0.2, -0.15) is 5.10 Å². The first-order chi connectivity index (χ1) is 12.6. The maximum absolute atomic E-state index is 12.0. The minimum Gasteiger partial charge on any atom is -0.493 e. The molecule has 0 spiro atoms. The Morgan fingerprint density at radius 1 is 1.12 bits per heavy atom. The number of hydrazone groups is 1. The summed E-state index contributed by atoms with van der Waals surface area (Å²) in [4.78, 5) is 16.6. The first-order valence-electron chi connectivity index (χ1n) is 8.60. The smallest absolute Gasteiger partial charge is 0.241 e. The first-order valence-corrected chi connectivity index (χ1v) is 8.60. The van der Waals surface area contributed by atoms with Gasteiger partial charge in [0.2, 0.25) is 11.7 Å². The van der Waals surface area contributed by atoms with Crippen LogP contribution in [0.4, 0.5) is 0 Å². The van der Waals surface area contributed by atoms with Gasteiger partial charge in [0.05, 0.1) is 27.5 Å². The summed E-state index contributed by atoms with van der Waals surface area (Å²) in [5.41, 5.74) is 3.25. The van der Waals surface area contributed by atoms with Crippen molar-refractivity contribution in [3.63, 3.8) is 0 Å². The highest BCUT2D eigenvalue weighted by atomic mass is 16.5. The molecule has 0 aliphatic carbocycles. The molecule has 1 aromatic carbocycles. The molecule has 8 heteroatoms. The van der Waals surface area contributed by atoms with Gasteiger partial charge < -0.3 is 24.0 Å². The summed E-state index contributed by atoms with van der Waals surface area (Å²) >= 11 is 0. The van der Waals surface area contributed by atoms with Crippen molar-refractivity contribution in [2.75, 3.05) is 61.1 Å². The Hall–Kier alpha value is -2.32. The number of nitrogens with zero attached hydrogens (tertiary/aromatic N) is 3. The Labute approximate surface area is 154 Å². The van der Waals surface area contributed by atoms with Crippen LogP contribution >= 0.6 is 0 Å². The van der Waals surface area contributed by atoms with Gasteiger partial charge in [0.1, 0.15) is 0 Å². The molecule has 0 atom stereocenters. The number of methoxy groups -OCH3 is 3. The summed E-state index contributed by atoms with van der Waals surface area (Å²) in [5.74, 6) is 1.44. The number of carbonyl (C=O) groups excluding carboxylic acids is 1. The van der Waals surface area contributed by atoms with E-state index < -0.39 is 0 Å². The van der Waals surface area contributed by atoms with Crippen LogP contribution in [-0.2, 0) is 4.79 Å². The molecule has 1 saturated heterocycles. The Kier molecular flexibility index (Phi) is 7.68. The summed E-state index contributed by atoms with van der Waals surface area (Å²) < 4.78 is 16.0. The number of rotatable bonds is 8. The highest BCUT2D eigenvalue weighted by Gasteiger charge is 2.16. The SMILES string of the molecule is COc1ccc(C=NNC(=O)CCN2CCN(C)CC2)c(OC)c1OC. The molecule has 1 amide bonds. The highest BCUT2D eigenvalue weighted by Crippen LogP contribution is 2.38. The van der Waals surface area contributed by atoms with E-state index in [1.807, 2.05) is 0 Å². The predicted molar refractivity (Wildman–Crippen MR) is 100 cm³/mol. The van der Waals surface area contributed by atoms with Crippen LogP contribution in [0.2, 0.25) is 0 Å². The highest BCUT2D eigenvalue weighted by molar-refractivity contribution is 5.87.